The van der Waals surface area contributed by atoms with Crippen LogP contribution < -0.4 is 5.32 Å². The predicted octanol–water partition coefficient (Wildman–Crippen LogP) is 0.373. The number of likely N-dealkylation sites (tertiary alicyclic amines) is 1. The number of likely N-dealkylation sites (N-methyl/N-ethyl adjacent to an activating group) is 1. The fraction of sp³-hybridized carbons (Fsp3) is 1.00. The Bertz CT molecular complexity index is 185. The van der Waals surface area contributed by atoms with Crippen LogP contribution in [-0.4, -0.2) is 61.2 Å². The smallest absolute Gasteiger partial charge is 0.0236 e. The molecule has 0 bridgehead atoms. The summed E-state index contributed by atoms with van der Waals surface area (Å²) in [4.78, 5) is 5.12. The van der Waals surface area contributed by atoms with Gasteiger partial charge in [-0.1, -0.05) is 0 Å². The number of hydrogen-bond donors (Lipinski definition) is 1. The summed E-state index contributed by atoms with van der Waals surface area (Å²) in [6.07, 6.45) is 1.36. The Hall–Kier alpha value is -0.120. The minimum atomic E-state index is 0.657. The molecule has 0 saturated carbocycles. The van der Waals surface area contributed by atoms with Crippen LogP contribution in [0.4, 0.5) is 0 Å². The van der Waals surface area contributed by atoms with Gasteiger partial charge in [0.15, 0.2) is 0 Å². The Labute approximate surface area is 87.4 Å². The van der Waals surface area contributed by atoms with E-state index in [2.05, 4.69) is 36.0 Å². The van der Waals surface area contributed by atoms with Gasteiger partial charge < -0.3 is 10.2 Å². The van der Waals surface area contributed by atoms with E-state index >= 15 is 0 Å². The molecule has 0 radical (unpaired) electrons. The van der Waals surface area contributed by atoms with Gasteiger partial charge in [0, 0.05) is 37.8 Å². The van der Waals surface area contributed by atoms with Crippen molar-refractivity contribution in [3.05, 3.63) is 0 Å². The molecule has 0 spiro atoms. The van der Waals surface area contributed by atoms with Gasteiger partial charge in [-0.25, -0.2) is 0 Å². The van der Waals surface area contributed by atoms with E-state index in [0.717, 1.165) is 6.04 Å². The van der Waals surface area contributed by atoms with Gasteiger partial charge in [0.05, 0.1) is 0 Å². The van der Waals surface area contributed by atoms with Gasteiger partial charge in [-0.05, 0) is 33.9 Å². The van der Waals surface area contributed by atoms with E-state index in [1.165, 1.54) is 32.6 Å². The summed E-state index contributed by atoms with van der Waals surface area (Å²) >= 11 is 0. The van der Waals surface area contributed by atoms with Crippen LogP contribution in [0.3, 0.4) is 0 Å². The lowest BCUT2D eigenvalue weighted by molar-refractivity contribution is 0.126. The molecule has 82 valence electrons. The quantitative estimate of drug-likeness (QED) is 0.655. The number of hydrogen-bond acceptors (Lipinski definition) is 3. The van der Waals surface area contributed by atoms with Gasteiger partial charge in [-0.15, -0.1) is 0 Å². The van der Waals surface area contributed by atoms with E-state index in [9.17, 15) is 0 Å². The molecule has 0 aliphatic carbocycles. The third kappa shape index (κ3) is 2.27. The molecule has 2 rings (SSSR count). The molecule has 2 aliphatic heterocycles. The maximum absolute atomic E-state index is 3.59. The summed E-state index contributed by atoms with van der Waals surface area (Å²) < 4.78 is 0. The highest BCUT2D eigenvalue weighted by Crippen LogP contribution is 2.17. The van der Waals surface area contributed by atoms with Crippen LogP contribution in [0.15, 0.2) is 0 Å². The Kier molecular flexibility index (Phi) is 3.10. The van der Waals surface area contributed by atoms with E-state index in [4.69, 9.17) is 0 Å². The van der Waals surface area contributed by atoms with Crippen LogP contribution in [0, 0.1) is 0 Å². The van der Waals surface area contributed by atoms with Gasteiger partial charge in [0.1, 0.15) is 0 Å². The molecule has 0 aromatic heterocycles. The zero-order chi connectivity index (χ0) is 10.1. The molecule has 3 atom stereocenters. The van der Waals surface area contributed by atoms with Gasteiger partial charge in [0.2, 0.25) is 0 Å². The van der Waals surface area contributed by atoms with Crippen molar-refractivity contribution < 1.29 is 0 Å². The highest BCUT2D eigenvalue weighted by Gasteiger charge is 2.30. The van der Waals surface area contributed by atoms with Gasteiger partial charge in [-0.3, -0.25) is 4.90 Å². The van der Waals surface area contributed by atoms with Crippen LogP contribution in [-0.2, 0) is 0 Å². The summed E-state index contributed by atoms with van der Waals surface area (Å²) in [5, 5.41) is 3.59. The van der Waals surface area contributed by atoms with Crippen LogP contribution >= 0.6 is 0 Å². The second-order valence-corrected chi connectivity index (χ2v) is 5.13. The monoisotopic (exact) mass is 197 g/mol. The first kappa shape index (κ1) is 10.4. The zero-order valence-corrected chi connectivity index (χ0v) is 9.66. The van der Waals surface area contributed by atoms with Crippen LogP contribution in [0.5, 0.6) is 0 Å². The number of piperazine rings is 1. The third-order valence-electron chi connectivity index (χ3n) is 3.47. The highest BCUT2D eigenvalue weighted by atomic mass is 15.3. The Balaban J connectivity index is 1.90. The largest absolute Gasteiger partial charge is 0.309 e. The van der Waals surface area contributed by atoms with Crippen molar-refractivity contribution in [2.45, 2.75) is 38.4 Å². The molecule has 2 saturated heterocycles. The molecule has 2 aliphatic rings. The van der Waals surface area contributed by atoms with Crippen LogP contribution in [0.2, 0.25) is 0 Å². The third-order valence-corrected chi connectivity index (χ3v) is 3.47. The number of nitrogens with zero attached hydrogens (tertiary/aromatic N) is 2. The molecule has 3 nitrogen and oxygen atoms in total. The molecule has 1 N–H and O–H groups in total. The van der Waals surface area contributed by atoms with Crippen molar-refractivity contribution >= 4 is 0 Å². The molecule has 0 aromatic rings. The summed E-state index contributed by atoms with van der Waals surface area (Å²) in [5.41, 5.74) is 0. The van der Waals surface area contributed by atoms with Crippen molar-refractivity contribution in [2.75, 3.05) is 33.2 Å². The highest BCUT2D eigenvalue weighted by molar-refractivity contribution is 4.89. The molecule has 0 aromatic carbocycles. The average Bonchev–Trinajstić information content (AvgIpc) is 2.50. The van der Waals surface area contributed by atoms with E-state index in [0.29, 0.717) is 12.1 Å². The van der Waals surface area contributed by atoms with Gasteiger partial charge in [-0.2, -0.15) is 0 Å². The van der Waals surface area contributed by atoms with Crippen LogP contribution in [0.25, 0.3) is 0 Å². The molecule has 3 unspecified atom stereocenters. The molecule has 2 heterocycles. The predicted molar refractivity (Wildman–Crippen MR) is 59.5 cm³/mol. The molecular weight excluding hydrogens is 174 g/mol. The minimum absolute atomic E-state index is 0.657. The normalized spacial score (nSPS) is 41.8. The Morgan fingerprint density at radius 3 is 2.21 bits per heavy atom. The summed E-state index contributed by atoms with van der Waals surface area (Å²) in [5.74, 6) is 0. The lowest BCUT2D eigenvalue weighted by Crippen LogP contribution is -2.57. The number of rotatable bonds is 1. The SMILES string of the molecule is CC1CN(C2CCN(C)C2)CC(C)N1. The molecule has 14 heavy (non-hydrogen) atoms. The fourth-order valence-electron chi connectivity index (χ4n) is 2.88. The lowest BCUT2D eigenvalue weighted by atomic mass is 10.1. The van der Waals surface area contributed by atoms with E-state index in [1.807, 2.05) is 0 Å². The summed E-state index contributed by atoms with van der Waals surface area (Å²) in [6.45, 7) is 9.57. The molecule has 3 heteroatoms. The molecule has 2 fully saturated rings. The first-order chi connectivity index (χ1) is 6.65. The molecular formula is C11H23N3. The summed E-state index contributed by atoms with van der Waals surface area (Å²) in [7, 11) is 2.23. The van der Waals surface area contributed by atoms with Crippen molar-refractivity contribution in [3.8, 4) is 0 Å². The van der Waals surface area contributed by atoms with Crippen molar-refractivity contribution in [3.63, 3.8) is 0 Å². The number of nitrogens with one attached hydrogen (secondary N) is 1. The first-order valence-corrected chi connectivity index (χ1v) is 5.84. The minimum Gasteiger partial charge on any atom is -0.309 e. The Morgan fingerprint density at radius 1 is 1.07 bits per heavy atom. The lowest BCUT2D eigenvalue weighted by Gasteiger charge is -2.39. The van der Waals surface area contributed by atoms with Crippen molar-refractivity contribution in [1.82, 2.24) is 15.1 Å². The topological polar surface area (TPSA) is 18.5 Å². The fourth-order valence-corrected chi connectivity index (χ4v) is 2.88. The van der Waals surface area contributed by atoms with Gasteiger partial charge >= 0.3 is 0 Å². The van der Waals surface area contributed by atoms with Crippen LogP contribution in [0.1, 0.15) is 20.3 Å². The van der Waals surface area contributed by atoms with E-state index < -0.39 is 0 Å². The second kappa shape index (κ2) is 4.17. The average molecular weight is 197 g/mol. The first-order valence-electron chi connectivity index (χ1n) is 5.84. The second-order valence-electron chi connectivity index (χ2n) is 5.13. The standard InChI is InChI=1S/C11H23N3/c1-9-6-14(7-10(2)12-9)11-4-5-13(3)8-11/h9-12H,4-8H2,1-3H3. The zero-order valence-electron chi connectivity index (χ0n) is 9.66. The maximum Gasteiger partial charge on any atom is 0.0236 e. The molecule has 0 amide bonds. The van der Waals surface area contributed by atoms with Crippen molar-refractivity contribution in [2.24, 2.45) is 0 Å². The van der Waals surface area contributed by atoms with E-state index in [-0.39, 0.29) is 0 Å². The van der Waals surface area contributed by atoms with E-state index in [1.54, 1.807) is 0 Å². The summed E-state index contributed by atoms with van der Waals surface area (Å²) in [6, 6.07) is 2.13. The van der Waals surface area contributed by atoms with Gasteiger partial charge in [0.25, 0.3) is 0 Å². The van der Waals surface area contributed by atoms with Crippen molar-refractivity contribution in [1.29, 1.82) is 0 Å². The maximum atomic E-state index is 3.59. The Morgan fingerprint density at radius 2 is 1.71 bits per heavy atom.